The molecule has 0 spiro atoms. The molecule has 31 heavy (non-hydrogen) atoms. The number of rotatable bonds is 3. The van der Waals surface area contributed by atoms with Crippen molar-refractivity contribution in [2.75, 3.05) is 5.32 Å². The Morgan fingerprint density at radius 1 is 1.03 bits per heavy atom. The van der Waals surface area contributed by atoms with Gasteiger partial charge in [0, 0.05) is 40.6 Å². The predicted octanol–water partition coefficient (Wildman–Crippen LogP) is 5.38. The third-order valence-corrected chi connectivity index (χ3v) is 6.00. The summed E-state index contributed by atoms with van der Waals surface area (Å²) in [5.41, 5.74) is 5.23. The van der Waals surface area contributed by atoms with E-state index in [0.29, 0.717) is 23.3 Å². The molecule has 160 valence electrons. The molecule has 2 aliphatic rings. The van der Waals surface area contributed by atoms with Crippen LogP contribution in [0.1, 0.15) is 50.7 Å². The largest absolute Gasteiger partial charge is 0.362 e. The van der Waals surface area contributed by atoms with E-state index in [9.17, 15) is 14.0 Å². The Morgan fingerprint density at radius 3 is 2.32 bits per heavy atom. The van der Waals surface area contributed by atoms with E-state index in [1.807, 2.05) is 38.1 Å². The van der Waals surface area contributed by atoms with E-state index in [2.05, 4.69) is 24.5 Å². The number of aryl methyl sites for hydroxylation is 1. The van der Waals surface area contributed by atoms with Gasteiger partial charge in [-0.2, -0.15) is 0 Å². The zero-order chi connectivity index (χ0) is 22.3. The molecule has 0 bridgehead atoms. The summed E-state index contributed by atoms with van der Waals surface area (Å²) in [5.74, 6) is -1.04. The number of halogens is 1. The number of benzene rings is 2. The second-order valence-electron chi connectivity index (χ2n) is 9.30. The van der Waals surface area contributed by atoms with Gasteiger partial charge in [0.1, 0.15) is 5.82 Å². The minimum atomic E-state index is -0.444. The van der Waals surface area contributed by atoms with Gasteiger partial charge >= 0.3 is 0 Å². The van der Waals surface area contributed by atoms with Crippen LogP contribution in [0.25, 0.3) is 0 Å². The van der Waals surface area contributed by atoms with E-state index < -0.39 is 5.92 Å². The van der Waals surface area contributed by atoms with Gasteiger partial charge in [-0.1, -0.05) is 43.7 Å². The third-order valence-electron chi connectivity index (χ3n) is 6.00. The highest BCUT2D eigenvalue weighted by atomic mass is 19.1. The van der Waals surface area contributed by atoms with Crippen molar-refractivity contribution >= 4 is 17.4 Å². The molecule has 0 aromatic heterocycles. The van der Waals surface area contributed by atoms with Crippen LogP contribution in [0.2, 0.25) is 0 Å². The van der Waals surface area contributed by atoms with Gasteiger partial charge in [-0.25, -0.2) is 4.39 Å². The summed E-state index contributed by atoms with van der Waals surface area (Å²) in [6.07, 6.45) is 1.20. The molecule has 2 aromatic carbocycles. The Bertz CT molecular complexity index is 1110. The zero-order valence-corrected chi connectivity index (χ0v) is 18.3. The Labute approximate surface area is 182 Å². The average Bonchev–Trinajstić information content (AvgIpc) is 2.68. The van der Waals surface area contributed by atoms with Gasteiger partial charge in [0.15, 0.2) is 5.78 Å². The summed E-state index contributed by atoms with van der Waals surface area (Å²) in [4.78, 5) is 26.7. The van der Waals surface area contributed by atoms with Crippen LogP contribution in [0.5, 0.6) is 0 Å². The second kappa shape index (κ2) is 7.80. The fourth-order valence-corrected chi connectivity index (χ4v) is 4.56. The van der Waals surface area contributed by atoms with Crippen molar-refractivity contribution in [2.24, 2.45) is 5.41 Å². The van der Waals surface area contributed by atoms with E-state index in [1.165, 1.54) is 24.3 Å². The number of dihydropyridines is 1. The van der Waals surface area contributed by atoms with Crippen LogP contribution < -0.4 is 10.6 Å². The van der Waals surface area contributed by atoms with Gasteiger partial charge in [-0.15, -0.1) is 0 Å². The molecule has 1 aliphatic carbocycles. The van der Waals surface area contributed by atoms with Crippen molar-refractivity contribution in [3.63, 3.8) is 0 Å². The lowest BCUT2D eigenvalue weighted by molar-refractivity contribution is -0.118. The van der Waals surface area contributed by atoms with Crippen molar-refractivity contribution in [3.8, 4) is 0 Å². The molecule has 0 unspecified atom stereocenters. The van der Waals surface area contributed by atoms with E-state index in [1.54, 1.807) is 0 Å². The molecule has 4 nitrogen and oxygen atoms in total. The number of nitrogens with one attached hydrogen (secondary N) is 2. The van der Waals surface area contributed by atoms with Crippen LogP contribution in [0.3, 0.4) is 0 Å². The summed E-state index contributed by atoms with van der Waals surface area (Å²) < 4.78 is 13.3. The Hall–Kier alpha value is -3.21. The number of anilines is 1. The molecule has 1 atom stereocenters. The van der Waals surface area contributed by atoms with Gasteiger partial charge in [0.2, 0.25) is 0 Å². The number of hydrogen-bond acceptors (Lipinski definition) is 3. The average molecular weight is 419 g/mol. The summed E-state index contributed by atoms with van der Waals surface area (Å²) in [5, 5.41) is 6.23. The van der Waals surface area contributed by atoms with Crippen LogP contribution in [0, 0.1) is 18.2 Å². The van der Waals surface area contributed by atoms with Gasteiger partial charge in [-0.05, 0) is 55.5 Å². The Kier molecular flexibility index (Phi) is 5.29. The highest BCUT2D eigenvalue weighted by molar-refractivity contribution is 6.09. The first-order valence-corrected chi connectivity index (χ1v) is 10.5. The van der Waals surface area contributed by atoms with Crippen molar-refractivity contribution in [3.05, 3.63) is 88.0 Å². The van der Waals surface area contributed by atoms with Gasteiger partial charge < -0.3 is 10.6 Å². The standard InChI is InChI=1S/C26H27FN2O2/c1-15-5-7-17(8-6-15)23-22(25(31)29-19-11-9-18(27)10-12-19)16(2)28-20-13-26(3,4)14-21(30)24(20)23/h5-12,23,28H,13-14H2,1-4H3,(H,29,31)/t23-/m1/s1. The molecular weight excluding hydrogens is 391 g/mol. The van der Waals surface area contributed by atoms with Crippen LogP contribution in [-0.4, -0.2) is 11.7 Å². The highest BCUT2D eigenvalue weighted by Crippen LogP contribution is 2.46. The minimum Gasteiger partial charge on any atom is -0.362 e. The lowest BCUT2D eigenvalue weighted by atomic mass is 9.68. The molecular formula is C26H27FN2O2. The van der Waals surface area contributed by atoms with E-state index >= 15 is 0 Å². The lowest BCUT2D eigenvalue weighted by Gasteiger charge is -2.39. The fourth-order valence-electron chi connectivity index (χ4n) is 4.56. The van der Waals surface area contributed by atoms with Gasteiger partial charge in [-0.3, -0.25) is 9.59 Å². The maximum Gasteiger partial charge on any atom is 0.254 e. The topological polar surface area (TPSA) is 58.2 Å². The molecule has 2 aromatic rings. The summed E-state index contributed by atoms with van der Waals surface area (Å²) in [6, 6.07) is 13.6. The molecule has 1 amide bonds. The van der Waals surface area contributed by atoms with Crippen molar-refractivity contribution in [1.29, 1.82) is 0 Å². The van der Waals surface area contributed by atoms with Crippen molar-refractivity contribution < 1.29 is 14.0 Å². The number of carbonyl (C=O) groups excluding carboxylic acids is 2. The molecule has 5 heteroatoms. The maximum absolute atomic E-state index is 13.4. The molecule has 0 saturated carbocycles. The summed E-state index contributed by atoms with van der Waals surface area (Å²) in [6.45, 7) is 8.06. The maximum atomic E-state index is 13.4. The second-order valence-corrected chi connectivity index (χ2v) is 9.30. The number of ketones is 1. The third kappa shape index (κ3) is 4.18. The smallest absolute Gasteiger partial charge is 0.254 e. The Morgan fingerprint density at radius 2 is 1.68 bits per heavy atom. The van der Waals surface area contributed by atoms with Gasteiger partial charge in [0.25, 0.3) is 5.91 Å². The highest BCUT2D eigenvalue weighted by Gasteiger charge is 2.42. The molecule has 0 fully saturated rings. The first-order valence-electron chi connectivity index (χ1n) is 10.5. The molecule has 0 radical (unpaired) electrons. The Balaban J connectivity index is 1.79. The minimum absolute atomic E-state index is 0.0731. The van der Waals surface area contributed by atoms with E-state index in [-0.39, 0.29) is 22.9 Å². The molecule has 0 saturated heterocycles. The quantitative estimate of drug-likeness (QED) is 0.704. The number of carbonyl (C=O) groups is 2. The van der Waals surface area contributed by atoms with Crippen molar-refractivity contribution in [2.45, 2.75) is 46.5 Å². The summed E-state index contributed by atoms with van der Waals surface area (Å²) >= 11 is 0. The normalized spacial score (nSPS) is 20.3. The summed E-state index contributed by atoms with van der Waals surface area (Å²) in [7, 11) is 0. The molecule has 1 aliphatic heterocycles. The van der Waals surface area contributed by atoms with Gasteiger partial charge in [0.05, 0.1) is 0 Å². The zero-order valence-electron chi connectivity index (χ0n) is 18.3. The number of hydrogen-bond donors (Lipinski definition) is 2. The number of allylic oxidation sites excluding steroid dienone is 3. The lowest BCUT2D eigenvalue weighted by Crippen LogP contribution is -2.39. The molecule has 4 rings (SSSR count). The fraction of sp³-hybridized carbons (Fsp3) is 0.308. The monoisotopic (exact) mass is 418 g/mol. The van der Waals surface area contributed by atoms with Crippen LogP contribution in [0.15, 0.2) is 71.1 Å². The number of amides is 1. The molecule has 1 heterocycles. The first kappa shape index (κ1) is 21.0. The SMILES string of the molecule is CC1=C(C(=O)Nc2ccc(F)cc2)[C@@H](c2ccc(C)cc2)C2=C(CC(C)(C)CC2=O)N1. The first-order chi connectivity index (χ1) is 14.6. The molecule has 2 N–H and O–H groups in total. The predicted molar refractivity (Wildman–Crippen MR) is 120 cm³/mol. The number of Topliss-reactive ketones (excluding diaryl/α,β-unsaturated/α-hetero) is 1. The van der Waals surface area contributed by atoms with Crippen LogP contribution >= 0.6 is 0 Å². The van der Waals surface area contributed by atoms with E-state index in [4.69, 9.17) is 0 Å². The van der Waals surface area contributed by atoms with Crippen LogP contribution in [-0.2, 0) is 9.59 Å². The van der Waals surface area contributed by atoms with Crippen LogP contribution in [0.4, 0.5) is 10.1 Å². The van der Waals surface area contributed by atoms with E-state index in [0.717, 1.165) is 28.9 Å². The van der Waals surface area contributed by atoms with Crippen molar-refractivity contribution in [1.82, 2.24) is 5.32 Å².